The van der Waals surface area contributed by atoms with Gasteiger partial charge in [-0.1, -0.05) is 48.5 Å². The summed E-state index contributed by atoms with van der Waals surface area (Å²) in [5.74, 6) is 0.0470. The fraction of sp³-hybridized carbons (Fsp3) is 0.238. The summed E-state index contributed by atoms with van der Waals surface area (Å²) in [4.78, 5) is 17.3. The standard InChI is InChI=1S/C21H22N4O/c26-21(20-11-12-22-25(20)19-9-5-2-6-10-19)24-15-13-23(14-16-24)17-18-7-3-1-4-8-18/h1-12H,13-17H2. The Labute approximate surface area is 153 Å². The highest BCUT2D eigenvalue weighted by Crippen LogP contribution is 2.15. The molecule has 1 amide bonds. The van der Waals surface area contributed by atoms with E-state index < -0.39 is 0 Å². The molecule has 0 aliphatic carbocycles. The molecule has 0 radical (unpaired) electrons. The SMILES string of the molecule is O=C(c1ccnn1-c1ccccc1)N1CCN(Cc2ccccc2)CC1. The minimum absolute atomic E-state index is 0.0470. The third-order valence-electron chi connectivity index (χ3n) is 4.77. The second kappa shape index (κ2) is 7.54. The van der Waals surface area contributed by atoms with Gasteiger partial charge >= 0.3 is 0 Å². The molecular weight excluding hydrogens is 324 g/mol. The first-order chi connectivity index (χ1) is 12.8. The van der Waals surface area contributed by atoms with E-state index in [0.717, 1.165) is 38.4 Å². The average Bonchev–Trinajstić information content (AvgIpc) is 3.19. The lowest BCUT2D eigenvalue weighted by molar-refractivity contribution is 0.0619. The van der Waals surface area contributed by atoms with Crippen LogP contribution in [-0.2, 0) is 6.54 Å². The zero-order valence-electron chi connectivity index (χ0n) is 14.7. The monoisotopic (exact) mass is 346 g/mol. The van der Waals surface area contributed by atoms with Crippen molar-refractivity contribution in [1.82, 2.24) is 19.6 Å². The second-order valence-electron chi connectivity index (χ2n) is 6.52. The maximum Gasteiger partial charge on any atom is 0.272 e. The summed E-state index contributed by atoms with van der Waals surface area (Å²) in [5.41, 5.74) is 2.84. The lowest BCUT2D eigenvalue weighted by Gasteiger charge is -2.34. The smallest absolute Gasteiger partial charge is 0.272 e. The van der Waals surface area contributed by atoms with Crippen molar-refractivity contribution in [3.8, 4) is 5.69 Å². The lowest BCUT2D eigenvalue weighted by atomic mass is 10.2. The number of carbonyl (C=O) groups is 1. The summed E-state index contributed by atoms with van der Waals surface area (Å²) >= 11 is 0. The van der Waals surface area contributed by atoms with E-state index in [1.807, 2.05) is 41.3 Å². The van der Waals surface area contributed by atoms with E-state index in [2.05, 4.69) is 34.3 Å². The van der Waals surface area contributed by atoms with Crippen molar-refractivity contribution in [2.24, 2.45) is 0 Å². The van der Waals surface area contributed by atoms with Gasteiger partial charge in [-0.25, -0.2) is 4.68 Å². The second-order valence-corrected chi connectivity index (χ2v) is 6.52. The molecule has 132 valence electrons. The van der Waals surface area contributed by atoms with Gasteiger partial charge in [-0.15, -0.1) is 0 Å². The van der Waals surface area contributed by atoms with Crippen molar-refractivity contribution in [2.45, 2.75) is 6.54 Å². The number of hydrogen-bond acceptors (Lipinski definition) is 3. The van der Waals surface area contributed by atoms with Crippen LogP contribution in [0, 0.1) is 0 Å². The predicted octanol–water partition coefficient (Wildman–Crippen LogP) is 2.83. The third-order valence-corrected chi connectivity index (χ3v) is 4.77. The van der Waals surface area contributed by atoms with Gasteiger partial charge in [-0.2, -0.15) is 5.10 Å². The van der Waals surface area contributed by atoms with Crippen LogP contribution in [0.4, 0.5) is 0 Å². The fourth-order valence-electron chi connectivity index (χ4n) is 3.35. The fourth-order valence-corrected chi connectivity index (χ4v) is 3.35. The molecule has 1 aliphatic rings. The van der Waals surface area contributed by atoms with Gasteiger partial charge in [0.2, 0.25) is 0 Å². The van der Waals surface area contributed by atoms with Gasteiger partial charge < -0.3 is 4.90 Å². The van der Waals surface area contributed by atoms with E-state index in [1.54, 1.807) is 16.9 Å². The molecule has 2 aromatic carbocycles. The molecule has 0 spiro atoms. The summed E-state index contributed by atoms with van der Waals surface area (Å²) < 4.78 is 1.72. The van der Waals surface area contributed by atoms with Crippen molar-refractivity contribution >= 4 is 5.91 Å². The van der Waals surface area contributed by atoms with Crippen LogP contribution in [0.5, 0.6) is 0 Å². The Hall–Kier alpha value is -2.92. The minimum atomic E-state index is 0.0470. The van der Waals surface area contributed by atoms with E-state index in [0.29, 0.717) is 5.69 Å². The van der Waals surface area contributed by atoms with Gasteiger partial charge in [0.25, 0.3) is 5.91 Å². The number of nitrogens with zero attached hydrogens (tertiary/aromatic N) is 4. The molecule has 0 unspecified atom stereocenters. The number of benzene rings is 2. The zero-order chi connectivity index (χ0) is 17.8. The van der Waals surface area contributed by atoms with Gasteiger partial charge in [0.1, 0.15) is 5.69 Å². The Morgan fingerprint density at radius 3 is 2.19 bits per heavy atom. The van der Waals surface area contributed by atoms with Gasteiger partial charge in [-0.3, -0.25) is 9.69 Å². The summed E-state index contributed by atoms with van der Waals surface area (Å²) in [6, 6.07) is 22.1. The van der Waals surface area contributed by atoms with Crippen LogP contribution in [0.1, 0.15) is 16.1 Å². The van der Waals surface area contributed by atoms with Gasteiger partial charge in [0.15, 0.2) is 0 Å². The summed E-state index contributed by atoms with van der Waals surface area (Å²) in [6.07, 6.45) is 1.69. The number of carbonyl (C=O) groups excluding carboxylic acids is 1. The van der Waals surface area contributed by atoms with E-state index in [1.165, 1.54) is 5.56 Å². The maximum absolute atomic E-state index is 13.0. The Kier molecular flexibility index (Phi) is 4.80. The quantitative estimate of drug-likeness (QED) is 0.729. The molecule has 1 aromatic heterocycles. The third kappa shape index (κ3) is 3.53. The van der Waals surface area contributed by atoms with Crippen LogP contribution in [0.15, 0.2) is 72.9 Å². The number of aromatic nitrogens is 2. The highest BCUT2D eigenvalue weighted by Gasteiger charge is 2.24. The normalized spacial score (nSPS) is 15.2. The molecule has 4 rings (SSSR count). The molecule has 26 heavy (non-hydrogen) atoms. The van der Waals surface area contributed by atoms with Crippen molar-refractivity contribution in [1.29, 1.82) is 0 Å². The minimum Gasteiger partial charge on any atom is -0.335 e. The first-order valence-electron chi connectivity index (χ1n) is 8.96. The Balaban J connectivity index is 1.41. The molecule has 0 N–H and O–H groups in total. The van der Waals surface area contributed by atoms with Crippen LogP contribution >= 0.6 is 0 Å². The highest BCUT2D eigenvalue weighted by molar-refractivity contribution is 5.93. The first kappa shape index (κ1) is 16.5. The molecule has 5 nitrogen and oxygen atoms in total. The zero-order valence-corrected chi connectivity index (χ0v) is 14.7. The van der Waals surface area contributed by atoms with Crippen molar-refractivity contribution in [3.05, 3.63) is 84.2 Å². The number of rotatable bonds is 4. The molecule has 5 heteroatoms. The largest absolute Gasteiger partial charge is 0.335 e. The Bertz CT molecular complexity index is 852. The van der Waals surface area contributed by atoms with Crippen LogP contribution in [0.3, 0.4) is 0 Å². The number of para-hydroxylation sites is 1. The molecule has 1 fully saturated rings. The Morgan fingerprint density at radius 2 is 1.50 bits per heavy atom. The summed E-state index contributed by atoms with van der Waals surface area (Å²) in [7, 11) is 0. The van der Waals surface area contributed by atoms with Gasteiger partial charge in [0, 0.05) is 32.7 Å². The van der Waals surface area contributed by atoms with Crippen molar-refractivity contribution < 1.29 is 4.79 Å². The topological polar surface area (TPSA) is 41.4 Å². The van der Waals surface area contributed by atoms with Crippen molar-refractivity contribution in [2.75, 3.05) is 26.2 Å². The van der Waals surface area contributed by atoms with Crippen LogP contribution in [0.2, 0.25) is 0 Å². The maximum atomic E-state index is 13.0. The molecule has 3 aromatic rings. The van der Waals surface area contributed by atoms with Gasteiger partial charge in [-0.05, 0) is 23.8 Å². The molecular formula is C21H22N4O. The number of hydrogen-bond donors (Lipinski definition) is 0. The van der Waals surface area contributed by atoms with Crippen LogP contribution < -0.4 is 0 Å². The van der Waals surface area contributed by atoms with Crippen LogP contribution in [0.25, 0.3) is 5.69 Å². The lowest BCUT2D eigenvalue weighted by Crippen LogP contribution is -2.48. The average molecular weight is 346 g/mol. The van der Waals surface area contributed by atoms with E-state index in [4.69, 9.17) is 0 Å². The molecule has 0 bridgehead atoms. The highest BCUT2D eigenvalue weighted by atomic mass is 16.2. The number of piperazine rings is 1. The van der Waals surface area contributed by atoms with E-state index in [9.17, 15) is 4.79 Å². The van der Waals surface area contributed by atoms with Crippen molar-refractivity contribution in [3.63, 3.8) is 0 Å². The molecule has 0 saturated carbocycles. The molecule has 2 heterocycles. The van der Waals surface area contributed by atoms with E-state index >= 15 is 0 Å². The Morgan fingerprint density at radius 1 is 0.846 bits per heavy atom. The summed E-state index contributed by atoms with van der Waals surface area (Å²) in [5, 5.41) is 4.33. The number of amides is 1. The molecule has 0 atom stereocenters. The predicted molar refractivity (Wildman–Crippen MR) is 101 cm³/mol. The van der Waals surface area contributed by atoms with E-state index in [-0.39, 0.29) is 5.91 Å². The first-order valence-corrected chi connectivity index (χ1v) is 8.96. The molecule has 1 saturated heterocycles. The summed E-state index contributed by atoms with van der Waals surface area (Å²) in [6.45, 7) is 4.20. The van der Waals surface area contributed by atoms with Gasteiger partial charge in [0.05, 0.1) is 11.9 Å². The van der Waals surface area contributed by atoms with Crippen LogP contribution in [-0.4, -0.2) is 51.7 Å². The molecule has 1 aliphatic heterocycles.